The molecule has 7 heteroatoms. The first-order valence-corrected chi connectivity index (χ1v) is 8.28. The first-order valence-electron chi connectivity index (χ1n) is 8.28. The Balaban J connectivity index is 1.90. The Morgan fingerprint density at radius 3 is 2.04 bits per heavy atom. The minimum Gasteiger partial charge on any atom is -0.497 e. The van der Waals surface area contributed by atoms with Crippen LogP contribution in [-0.2, 0) is 13.1 Å². The number of benzene rings is 2. The van der Waals surface area contributed by atoms with Crippen LogP contribution in [0.3, 0.4) is 0 Å². The van der Waals surface area contributed by atoms with Crippen molar-refractivity contribution in [1.82, 2.24) is 4.98 Å². The summed E-state index contributed by atoms with van der Waals surface area (Å²) in [6, 6.07) is 15.5. The first-order chi connectivity index (χ1) is 13.1. The molecular weight excluding hydrogens is 348 g/mol. The Morgan fingerprint density at radius 1 is 1.04 bits per heavy atom. The minimum atomic E-state index is -1.13. The van der Waals surface area contributed by atoms with Gasteiger partial charge in [0.15, 0.2) is 5.69 Å². The molecule has 1 heterocycles. The molecule has 0 aliphatic rings. The normalized spacial score (nSPS) is 10.4. The van der Waals surface area contributed by atoms with Gasteiger partial charge in [-0.05, 0) is 35.4 Å². The number of anilines is 1. The van der Waals surface area contributed by atoms with Crippen LogP contribution in [-0.4, -0.2) is 30.3 Å². The number of methoxy groups -OCH3 is 2. The highest BCUT2D eigenvalue weighted by molar-refractivity contribution is 5.85. The van der Waals surface area contributed by atoms with E-state index in [4.69, 9.17) is 19.0 Å². The molecule has 0 radical (unpaired) electrons. The lowest BCUT2D eigenvalue weighted by Crippen LogP contribution is -2.22. The number of carbonyl (C=O) groups is 1. The molecule has 0 spiro atoms. The van der Waals surface area contributed by atoms with E-state index in [2.05, 4.69) is 4.98 Å². The highest BCUT2D eigenvalue weighted by atomic mass is 16.5. The number of ether oxygens (including phenoxy) is 2. The van der Waals surface area contributed by atoms with Crippen LogP contribution in [0.4, 0.5) is 6.01 Å². The maximum absolute atomic E-state index is 11.1. The molecule has 0 saturated carbocycles. The summed E-state index contributed by atoms with van der Waals surface area (Å²) in [5.74, 6) is 0.354. The fraction of sp³-hybridized carbons (Fsp3) is 0.200. The topological polar surface area (TPSA) is 85.0 Å². The maximum Gasteiger partial charge on any atom is 0.357 e. The van der Waals surface area contributed by atoms with Gasteiger partial charge in [-0.3, -0.25) is 0 Å². The summed E-state index contributed by atoms with van der Waals surface area (Å²) in [6.07, 6.45) is 1.14. The molecule has 0 unspecified atom stereocenters. The zero-order chi connectivity index (χ0) is 19.2. The van der Waals surface area contributed by atoms with Gasteiger partial charge in [0.25, 0.3) is 6.01 Å². The van der Waals surface area contributed by atoms with E-state index in [1.807, 2.05) is 53.4 Å². The zero-order valence-corrected chi connectivity index (χ0v) is 15.1. The molecule has 3 aromatic rings. The minimum absolute atomic E-state index is 0.133. The van der Waals surface area contributed by atoms with E-state index < -0.39 is 5.97 Å². The fourth-order valence-corrected chi connectivity index (χ4v) is 2.68. The number of oxazole rings is 1. The quantitative estimate of drug-likeness (QED) is 0.650. The van der Waals surface area contributed by atoms with Crippen molar-refractivity contribution < 1.29 is 23.8 Å². The van der Waals surface area contributed by atoms with E-state index in [1.54, 1.807) is 14.2 Å². The van der Waals surface area contributed by atoms with Crippen molar-refractivity contribution in [2.75, 3.05) is 19.1 Å². The van der Waals surface area contributed by atoms with E-state index >= 15 is 0 Å². The van der Waals surface area contributed by atoms with Crippen molar-refractivity contribution in [2.24, 2.45) is 0 Å². The Bertz CT molecular complexity index is 872. The van der Waals surface area contributed by atoms with Gasteiger partial charge in [0.05, 0.1) is 14.2 Å². The lowest BCUT2D eigenvalue weighted by Gasteiger charge is -2.21. The summed E-state index contributed by atoms with van der Waals surface area (Å²) in [4.78, 5) is 17.1. The van der Waals surface area contributed by atoms with E-state index in [-0.39, 0.29) is 11.7 Å². The third kappa shape index (κ3) is 4.58. The predicted octanol–water partition coefficient (Wildman–Crippen LogP) is 3.60. The summed E-state index contributed by atoms with van der Waals surface area (Å²) in [5, 5.41) is 9.12. The largest absolute Gasteiger partial charge is 0.497 e. The molecule has 1 N–H and O–H groups in total. The summed E-state index contributed by atoms with van der Waals surface area (Å²) < 4.78 is 16.0. The van der Waals surface area contributed by atoms with Crippen molar-refractivity contribution in [1.29, 1.82) is 0 Å². The molecule has 27 heavy (non-hydrogen) atoms. The number of hydrogen-bond acceptors (Lipinski definition) is 6. The third-order valence-corrected chi connectivity index (χ3v) is 4.00. The molecule has 0 amide bonds. The molecule has 0 saturated heterocycles. The van der Waals surface area contributed by atoms with E-state index in [1.165, 1.54) is 0 Å². The smallest absolute Gasteiger partial charge is 0.357 e. The van der Waals surface area contributed by atoms with Gasteiger partial charge in [-0.15, -0.1) is 0 Å². The van der Waals surface area contributed by atoms with E-state index in [9.17, 15) is 4.79 Å². The second-order valence-corrected chi connectivity index (χ2v) is 5.88. The molecule has 0 fully saturated rings. The lowest BCUT2D eigenvalue weighted by molar-refractivity contribution is 0.0690. The number of aromatic nitrogens is 1. The van der Waals surface area contributed by atoms with Gasteiger partial charge in [0.2, 0.25) is 0 Å². The summed E-state index contributed by atoms with van der Waals surface area (Å²) in [7, 11) is 3.22. The monoisotopic (exact) mass is 368 g/mol. The highest BCUT2D eigenvalue weighted by Gasteiger charge is 2.18. The Hall–Kier alpha value is -3.48. The zero-order valence-electron chi connectivity index (χ0n) is 15.1. The molecule has 0 aliphatic heterocycles. The van der Waals surface area contributed by atoms with Gasteiger partial charge < -0.3 is 23.9 Å². The van der Waals surface area contributed by atoms with Gasteiger partial charge in [0, 0.05) is 13.1 Å². The van der Waals surface area contributed by atoms with Crippen molar-refractivity contribution >= 4 is 12.0 Å². The lowest BCUT2D eigenvalue weighted by atomic mass is 10.1. The summed E-state index contributed by atoms with van der Waals surface area (Å²) in [6.45, 7) is 0.933. The molecule has 3 rings (SSSR count). The molecule has 1 aromatic heterocycles. The number of nitrogens with zero attached hydrogens (tertiary/aromatic N) is 2. The van der Waals surface area contributed by atoms with Crippen LogP contribution in [0.1, 0.15) is 21.6 Å². The van der Waals surface area contributed by atoms with Crippen LogP contribution in [0, 0.1) is 0 Å². The predicted molar refractivity (Wildman–Crippen MR) is 99.3 cm³/mol. The molecule has 0 aliphatic carbocycles. The van der Waals surface area contributed by atoms with Gasteiger partial charge in [-0.2, -0.15) is 4.98 Å². The standard InChI is InChI=1S/C20H20N2O5/c1-25-16-7-3-5-14(9-16)11-22(20-21-18(13-27-20)19(23)24)12-15-6-4-8-17(10-15)26-2/h3-10,13H,11-12H2,1-2H3,(H,23,24). The highest BCUT2D eigenvalue weighted by Crippen LogP contribution is 2.23. The summed E-state index contributed by atoms with van der Waals surface area (Å²) in [5.41, 5.74) is 1.82. The molecule has 2 aromatic carbocycles. The second-order valence-electron chi connectivity index (χ2n) is 5.88. The number of aromatic carboxylic acids is 1. The Kier molecular flexibility index (Phi) is 5.61. The van der Waals surface area contributed by atoms with E-state index in [0.29, 0.717) is 13.1 Å². The maximum atomic E-state index is 11.1. The molecule has 140 valence electrons. The number of carboxylic acids is 1. The second kappa shape index (κ2) is 8.27. The molecule has 0 bridgehead atoms. The molecule has 7 nitrogen and oxygen atoms in total. The van der Waals surface area contributed by atoms with Gasteiger partial charge in [-0.25, -0.2) is 4.79 Å². The van der Waals surface area contributed by atoms with Crippen LogP contribution in [0.5, 0.6) is 11.5 Å². The van der Waals surface area contributed by atoms with E-state index in [0.717, 1.165) is 28.9 Å². The Labute approximate surface area is 156 Å². The number of rotatable bonds is 8. The first kappa shape index (κ1) is 18.3. The Morgan fingerprint density at radius 2 is 1.59 bits per heavy atom. The van der Waals surface area contributed by atoms with Crippen LogP contribution in [0.25, 0.3) is 0 Å². The third-order valence-electron chi connectivity index (χ3n) is 4.00. The van der Waals surface area contributed by atoms with Gasteiger partial charge in [-0.1, -0.05) is 24.3 Å². The van der Waals surface area contributed by atoms with Crippen molar-refractivity contribution in [3.05, 3.63) is 71.6 Å². The van der Waals surface area contributed by atoms with Crippen LogP contribution >= 0.6 is 0 Å². The van der Waals surface area contributed by atoms with Gasteiger partial charge >= 0.3 is 5.97 Å². The average Bonchev–Trinajstić information content (AvgIpc) is 3.18. The van der Waals surface area contributed by atoms with Gasteiger partial charge in [0.1, 0.15) is 17.8 Å². The number of carboxylic acid groups (broad SMARTS) is 1. The molecule has 0 atom stereocenters. The fourth-order valence-electron chi connectivity index (χ4n) is 2.68. The SMILES string of the molecule is COc1cccc(CN(Cc2cccc(OC)c2)c2nc(C(=O)O)co2)c1. The molecular formula is C20H20N2O5. The average molecular weight is 368 g/mol. The van der Waals surface area contributed by atoms with Crippen molar-refractivity contribution in [2.45, 2.75) is 13.1 Å². The van der Waals surface area contributed by atoms with Crippen LogP contribution in [0.15, 0.2) is 59.2 Å². The van der Waals surface area contributed by atoms with Crippen molar-refractivity contribution in [3.8, 4) is 11.5 Å². The van der Waals surface area contributed by atoms with Crippen molar-refractivity contribution in [3.63, 3.8) is 0 Å². The summed E-state index contributed by atoms with van der Waals surface area (Å²) >= 11 is 0. The number of hydrogen-bond donors (Lipinski definition) is 1. The van der Waals surface area contributed by atoms with Crippen LogP contribution in [0.2, 0.25) is 0 Å². The van der Waals surface area contributed by atoms with Crippen LogP contribution < -0.4 is 14.4 Å².